The second-order valence-corrected chi connectivity index (χ2v) is 3.59. The number of ether oxygens (including phenoxy) is 2. The molecule has 86 valence electrons. The number of amides is 2. The summed E-state index contributed by atoms with van der Waals surface area (Å²) in [4.78, 5) is 20.9. The van der Waals surface area contributed by atoms with Gasteiger partial charge in [-0.1, -0.05) is 0 Å². The van der Waals surface area contributed by atoms with Crippen LogP contribution in [0, 0.1) is 0 Å². The van der Waals surface area contributed by atoms with Gasteiger partial charge in [-0.25, -0.2) is 4.79 Å². The van der Waals surface area contributed by atoms with E-state index in [1.165, 1.54) is 0 Å². The summed E-state index contributed by atoms with van der Waals surface area (Å²) in [5.41, 5.74) is 9.85. The van der Waals surface area contributed by atoms with Crippen molar-refractivity contribution in [1.82, 2.24) is 0 Å². The van der Waals surface area contributed by atoms with E-state index >= 15 is 0 Å². The van der Waals surface area contributed by atoms with Gasteiger partial charge < -0.3 is 20.9 Å². The molecule has 2 amide bonds. The van der Waals surface area contributed by atoms with Gasteiger partial charge in [-0.3, -0.25) is 4.79 Å². The minimum atomic E-state index is -0.792. The van der Waals surface area contributed by atoms with E-state index in [1.807, 2.05) is 0 Å². The molecule has 6 nitrogen and oxygen atoms in total. The van der Waals surface area contributed by atoms with Crippen molar-refractivity contribution in [2.45, 2.75) is 37.9 Å². The van der Waals surface area contributed by atoms with Crippen molar-refractivity contribution >= 4 is 12.0 Å². The van der Waals surface area contributed by atoms with Crippen LogP contribution in [0.3, 0.4) is 0 Å². The first-order chi connectivity index (χ1) is 7.08. The molecule has 1 aliphatic rings. The van der Waals surface area contributed by atoms with Crippen LogP contribution in [0.4, 0.5) is 4.79 Å². The van der Waals surface area contributed by atoms with E-state index in [1.54, 1.807) is 0 Å². The van der Waals surface area contributed by atoms with Crippen molar-refractivity contribution in [2.24, 2.45) is 11.5 Å². The summed E-state index contributed by atoms with van der Waals surface area (Å²) >= 11 is 0. The largest absolute Gasteiger partial charge is 0.447 e. The minimum absolute atomic E-state index is 0.0407. The monoisotopic (exact) mass is 216 g/mol. The fourth-order valence-electron chi connectivity index (χ4n) is 1.59. The SMILES string of the molecule is NC(=O)CCC1CCC(COC(N)=O)O1. The fourth-order valence-corrected chi connectivity index (χ4v) is 1.59. The van der Waals surface area contributed by atoms with Crippen molar-refractivity contribution in [3.63, 3.8) is 0 Å². The van der Waals surface area contributed by atoms with E-state index in [0.717, 1.165) is 12.8 Å². The average molecular weight is 216 g/mol. The Labute approximate surface area is 87.9 Å². The number of primary amides is 2. The zero-order chi connectivity index (χ0) is 11.3. The Bertz CT molecular complexity index is 220. The molecule has 1 aliphatic heterocycles. The van der Waals surface area contributed by atoms with Crippen LogP contribution in [0.1, 0.15) is 25.7 Å². The average Bonchev–Trinajstić information content (AvgIpc) is 2.59. The van der Waals surface area contributed by atoms with Crippen LogP contribution in [-0.2, 0) is 14.3 Å². The third-order valence-corrected chi connectivity index (χ3v) is 2.32. The number of carbonyl (C=O) groups excluding carboxylic acids is 2. The Morgan fingerprint density at radius 1 is 1.27 bits per heavy atom. The summed E-state index contributed by atoms with van der Waals surface area (Å²) in [5.74, 6) is -0.324. The fraction of sp³-hybridized carbons (Fsp3) is 0.778. The molecule has 0 aliphatic carbocycles. The number of carbonyl (C=O) groups is 2. The van der Waals surface area contributed by atoms with E-state index in [9.17, 15) is 9.59 Å². The molecule has 0 bridgehead atoms. The Kier molecular flexibility index (Phi) is 4.36. The van der Waals surface area contributed by atoms with Crippen molar-refractivity contribution in [3.05, 3.63) is 0 Å². The molecule has 0 aromatic heterocycles. The van der Waals surface area contributed by atoms with Crippen LogP contribution in [0.5, 0.6) is 0 Å². The molecule has 4 N–H and O–H groups in total. The molecule has 1 fully saturated rings. The van der Waals surface area contributed by atoms with Crippen molar-refractivity contribution in [2.75, 3.05) is 6.61 Å². The number of hydrogen-bond acceptors (Lipinski definition) is 4. The first kappa shape index (κ1) is 11.8. The molecule has 6 heteroatoms. The van der Waals surface area contributed by atoms with Gasteiger partial charge in [0.05, 0.1) is 12.2 Å². The molecule has 1 rings (SSSR count). The lowest BCUT2D eigenvalue weighted by Crippen LogP contribution is -2.23. The van der Waals surface area contributed by atoms with Gasteiger partial charge in [-0.2, -0.15) is 0 Å². The van der Waals surface area contributed by atoms with E-state index < -0.39 is 6.09 Å². The second kappa shape index (κ2) is 5.55. The molecule has 0 spiro atoms. The summed E-state index contributed by atoms with van der Waals surface area (Å²) in [6.07, 6.45) is 1.78. The van der Waals surface area contributed by atoms with Gasteiger partial charge in [0.2, 0.25) is 5.91 Å². The highest BCUT2D eigenvalue weighted by atomic mass is 16.6. The molecular weight excluding hydrogens is 200 g/mol. The second-order valence-electron chi connectivity index (χ2n) is 3.59. The highest BCUT2D eigenvalue weighted by Gasteiger charge is 2.26. The molecule has 2 atom stereocenters. The maximum absolute atomic E-state index is 10.5. The first-order valence-electron chi connectivity index (χ1n) is 4.94. The lowest BCUT2D eigenvalue weighted by Gasteiger charge is -2.12. The predicted octanol–water partition coefficient (Wildman–Crippen LogP) is -0.105. The van der Waals surface area contributed by atoms with Crippen LogP contribution in [0.25, 0.3) is 0 Å². The van der Waals surface area contributed by atoms with Gasteiger partial charge in [0.15, 0.2) is 0 Å². The standard InChI is InChI=1S/C9H16N2O4/c10-8(12)4-3-6-1-2-7(15-6)5-14-9(11)13/h6-7H,1-5H2,(H2,10,12)(H2,11,13). The molecule has 15 heavy (non-hydrogen) atoms. The van der Waals surface area contributed by atoms with Gasteiger partial charge in [0.1, 0.15) is 6.61 Å². The molecular formula is C9H16N2O4. The van der Waals surface area contributed by atoms with Gasteiger partial charge in [0, 0.05) is 6.42 Å². The van der Waals surface area contributed by atoms with Gasteiger partial charge >= 0.3 is 6.09 Å². The third-order valence-electron chi connectivity index (χ3n) is 2.32. The highest BCUT2D eigenvalue weighted by Crippen LogP contribution is 2.23. The number of rotatable bonds is 5. The first-order valence-corrected chi connectivity index (χ1v) is 4.94. The van der Waals surface area contributed by atoms with E-state index in [2.05, 4.69) is 4.74 Å². The zero-order valence-electron chi connectivity index (χ0n) is 8.48. The summed E-state index contributed by atoms with van der Waals surface area (Å²) in [5, 5.41) is 0. The van der Waals surface area contributed by atoms with E-state index in [-0.39, 0.29) is 24.7 Å². The van der Waals surface area contributed by atoms with Crippen LogP contribution < -0.4 is 11.5 Å². The van der Waals surface area contributed by atoms with Gasteiger partial charge in [-0.15, -0.1) is 0 Å². The molecule has 0 aromatic rings. The van der Waals surface area contributed by atoms with E-state index in [4.69, 9.17) is 16.2 Å². The van der Waals surface area contributed by atoms with Crippen LogP contribution in [0.2, 0.25) is 0 Å². The topological polar surface area (TPSA) is 105 Å². The molecule has 0 aromatic carbocycles. The normalized spacial score (nSPS) is 25.1. The summed E-state index contributed by atoms with van der Waals surface area (Å²) in [6.45, 7) is 0.183. The predicted molar refractivity (Wildman–Crippen MR) is 51.9 cm³/mol. The van der Waals surface area contributed by atoms with Gasteiger partial charge in [0.25, 0.3) is 0 Å². The van der Waals surface area contributed by atoms with Crippen LogP contribution >= 0.6 is 0 Å². The van der Waals surface area contributed by atoms with E-state index in [0.29, 0.717) is 12.8 Å². The minimum Gasteiger partial charge on any atom is -0.447 e. The van der Waals surface area contributed by atoms with Crippen LogP contribution in [-0.4, -0.2) is 30.8 Å². The molecule has 1 heterocycles. The van der Waals surface area contributed by atoms with Crippen molar-refractivity contribution in [1.29, 1.82) is 0 Å². The number of hydrogen-bond donors (Lipinski definition) is 2. The molecule has 2 unspecified atom stereocenters. The molecule has 1 saturated heterocycles. The Morgan fingerprint density at radius 3 is 2.53 bits per heavy atom. The quantitative estimate of drug-likeness (QED) is 0.669. The number of nitrogens with two attached hydrogens (primary N) is 2. The summed E-state index contributed by atoms with van der Waals surface area (Å²) < 4.78 is 10.1. The molecule has 0 radical (unpaired) electrons. The summed E-state index contributed by atoms with van der Waals surface area (Å²) in [6, 6.07) is 0. The van der Waals surface area contributed by atoms with Crippen molar-refractivity contribution < 1.29 is 19.1 Å². The summed E-state index contributed by atoms with van der Waals surface area (Å²) in [7, 11) is 0. The van der Waals surface area contributed by atoms with Gasteiger partial charge in [-0.05, 0) is 19.3 Å². The Balaban J connectivity index is 2.15. The van der Waals surface area contributed by atoms with Crippen LogP contribution in [0.15, 0.2) is 0 Å². The molecule has 0 saturated carbocycles. The van der Waals surface area contributed by atoms with Crippen molar-refractivity contribution in [3.8, 4) is 0 Å². The lowest BCUT2D eigenvalue weighted by atomic mass is 10.1. The Hall–Kier alpha value is -1.30. The highest BCUT2D eigenvalue weighted by molar-refractivity contribution is 5.73. The Morgan fingerprint density at radius 2 is 1.93 bits per heavy atom. The smallest absolute Gasteiger partial charge is 0.404 e. The maximum atomic E-state index is 10.5. The third kappa shape index (κ3) is 4.64. The maximum Gasteiger partial charge on any atom is 0.404 e. The lowest BCUT2D eigenvalue weighted by molar-refractivity contribution is -0.118. The zero-order valence-corrected chi connectivity index (χ0v) is 8.48.